The minimum absolute atomic E-state index is 0.167. The number of hydrogen-bond donors (Lipinski definition) is 2. The number of nitrogens with one attached hydrogen (secondary N) is 2. The highest BCUT2D eigenvalue weighted by Crippen LogP contribution is 2.15. The first kappa shape index (κ1) is 16.3. The average molecular weight is 363 g/mol. The molecular weight excluding hydrogens is 350 g/mol. The number of nitrogens with zero attached hydrogens (tertiary/aromatic N) is 3. The molecule has 0 aliphatic rings. The van der Waals surface area contributed by atoms with Crippen molar-refractivity contribution in [3.63, 3.8) is 0 Å². The fourth-order valence-corrected chi connectivity index (χ4v) is 3.87. The Balaban J connectivity index is 1.57. The molecule has 3 aromatic heterocycles. The summed E-state index contributed by atoms with van der Waals surface area (Å²) in [5, 5.41) is 8.28. The minimum Gasteiger partial charge on any atom is -0.324 e. The van der Waals surface area contributed by atoms with E-state index in [0.29, 0.717) is 11.5 Å². The second-order valence-corrected chi connectivity index (χ2v) is 7.60. The molecule has 3 aromatic rings. The van der Waals surface area contributed by atoms with Gasteiger partial charge in [-0.05, 0) is 29.6 Å². The first-order valence-electron chi connectivity index (χ1n) is 6.84. The van der Waals surface area contributed by atoms with Crippen molar-refractivity contribution in [2.45, 2.75) is 4.21 Å². The molecule has 0 spiro atoms. The van der Waals surface area contributed by atoms with Crippen molar-refractivity contribution in [3.8, 4) is 5.82 Å². The second kappa shape index (κ2) is 6.91. The van der Waals surface area contributed by atoms with Gasteiger partial charge in [-0.15, -0.1) is 11.3 Å². The van der Waals surface area contributed by atoms with Gasteiger partial charge in [0.05, 0.1) is 18.4 Å². The minimum atomic E-state index is -3.66. The summed E-state index contributed by atoms with van der Waals surface area (Å²) in [6.07, 6.45) is 4.86. The Hall–Kier alpha value is -2.56. The third kappa shape index (κ3) is 3.85. The lowest BCUT2D eigenvalue weighted by Crippen LogP contribution is -2.32. The monoisotopic (exact) mass is 363 g/mol. The van der Waals surface area contributed by atoms with E-state index in [9.17, 15) is 13.2 Å². The van der Waals surface area contributed by atoms with E-state index in [1.54, 1.807) is 46.7 Å². The van der Waals surface area contributed by atoms with E-state index in [4.69, 9.17) is 0 Å². The zero-order valence-corrected chi connectivity index (χ0v) is 13.9. The molecule has 0 saturated carbocycles. The summed E-state index contributed by atoms with van der Waals surface area (Å²) in [6, 6.07) is 8.24. The van der Waals surface area contributed by atoms with Crippen LogP contribution in [-0.4, -0.2) is 35.6 Å². The van der Waals surface area contributed by atoms with Gasteiger partial charge in [-0.25, -0.2) is 22.8 Å². The Labute approximate surface area is 142 Å². The number of hydrogen-bond acceptors (Lipinski definition) is 6. The maximum absolute atomic E-state index is 11.9. The molecule has 0 fully saturated rings. The van der Waals surface area contributed by atoms with Crippen LogP contribution in [0, 0.1) is 0 Å². The molecular formula is C14H13N5O3S2. The van der Waals surface area contributed by atoms with Crippen molar-refractivity contribution in [2.24, 2.45) is 0 Å². The molecule has 3 rings (SSSR count). The van der Waals surface area contributed by atoms with E-state index in [0.717, 1.165) is 11.3 Å². The highest BCUT2D eigenvalue weighted by atomic mass is 32.2. The number of anilines is 1. The molecule has 0 aliphatic heterocycles. The van der Waals surface area contributed by atoms with Crippen LogP contribution < -0.4 is 10.0 Å². The molecule has 8 nitrogen and oxygen atoms in total. The van der Waals surface area contributed by atoms with Crippen LogP contribution in [0.3, 0.4) is 0 Å². The number of pyridine rings is 1. The summed E-state index contributed by atoms with van der Waals surface area (Å²) < 4.78 is 27.8. The summed E-state index contributed by atoms with van der Waals surface area (Å²) in [5.41, 5.74) is 0.464. The van der Waals surface area contributed by atoms with Gasteiger partial charge in [0.15, 0.2) is 5.82 Å². The molecule has 0 bridgehead atoms. The predicted molar refractivity (Wildman–Crippen MR) is 89.5 cm³/mol. The van der Waals surface area contributed by atoms with Crippen molar-refractivity contribution >= 4 is 33.0 Å². The standard InChI is InChI=1S/C14H13N5O3S2/c20-13(10-17-24(21,22)14-3-1-8-23-14)18-11-4-5-12(15-9-11)19-7-2-6-16-19/h1-9,17H,10H2,(H,18,20). The van der Waals surface area contributed by atoms with Gasteiger partial charge < -0.3 is 5.32 Å². The van der Waals surface area contributed by atoms with Crippen LogP contribution in [0.4, 0.5) is 5.69 Å². The maximum Gasteiger partial charge on any atom is 0.250 e. The van der Waals surface area contributed by atoms with E-state index in [1.165, 1.54) is 12.3 Å². The van der Waals surface area contributed by atoms with Gasteiger partial charge in [0, 0.05) is 12.4 Å². The molecule has 0 aliphatic carbocycles. The molecule has 24 heavy (non-hydrogen) atoms. The zero-order chi connectivity index (χ0) is 17.0. The average Bonchev–Trinajstić information content (AvgIpc) is 3.27. The predicted octanol–water partition coefficient (Wildman–Crippen LogP) is 1.25. The Morgan fingerprint density at radius 2 is 2.12 bits per heavy atom. The third-order valence-electron chi connectivity index (χ3n) is 2.95. The molecule has 124 valence electrons. The van der Waals surface area contributed by atoms with Gasteiger partial charge in [0.1, 0.15) is 4.21 Å². The van der Waals surface area contributed by atoms with E-state index in [-0.39, 0.29) is 10.8 Å². The highest BCUT2D eigenvalue weighted by molar-refractivity contribution is 7.91. The van der Waals surface area contributed by atoms with Gasteiger partial charge in [-0.3, -0.25) is 4.79 Å². The van der Waals surface area contributed by atoms with Crippen molar-refractivity contribution in [1.29, 1.82) is 0 Å². The van der Waals surface area contributed by atoms with E-state index < -0.39 is 15.9 Å². The van der Waals surface area contributed by atoms with E-state index >= 15 is 0 Å². The Morgan fingerprint density at radius 1 is 1.25 bits per heavy atom. The van der Waals surface area contributed by atoms with Crippen LogP contribution in [-0.2, 0) is 14.8 Å². The molecule has 2 N–H and O–H groups in total. The first-order valence-corrected chi connectivity index (χ1v) is 9.20. The Morgan fingerprint density at radius 3 is 2.75 bits per heavy atom. The quantitative estimate of drug-likeness (QED) is 0.685. The summed E-state index contributed by atoms with van der Waals surface area (Å²) in [6.45, 7) is -0.360. The zero-order valence-electron chi connectivity index (χ0n) is 12.3. The number of aromatic nitrogens is 3. The normalized spacial score (nSPS) is 11.3. The first-order chi connectivity index (χ1) is 11.5. The van der Waals surface area contributed by atoms with Crippen LogP contribution in [0.15, 0.2) is 58.5 Å². The molecule has 0 atom stereocenters. The van der Waals surface area contributed by atoms with Crippen LogP contribution in [0.1, 0.15) is 0 Å². The van der Waals surface area contributed by atoms with E-state index in [2.05, 4.69) is 20.1 Å². The number of amides is 1. The number of carbonyl (C=O) groups is 1. The van der Waals surface area contributed by atoms with Crippen molar-refractivity contribution in [1.82, 2.24) is 19.5 Å². The lowest BCUT2D eigenvalue weighted by atomic mass is 10.4. The molecule has 3 heterocycles. The van der Waals surface area contributed by atoms with Gasteiger partial charge in [-0.2, -0.15) is 5.10 Å². The lowest BCUT2D eigenvalue weighted by molar-refractivity contribution is -0.115. The smallest absolute Gasteiger partial charge is 0.250 e. The molecule has 0 aromatic carbocycles. The molecule has 0 radical (unpaired) electrons. The summed E-state index contributed by atoms with van der Waals surface area (Å²) in [4.78, 5) is 16.0. The molecule has 0 saturated heterocycles. The van der Waals surface area contributed by atoms with Gasteiger partial charge >= 0.3 is 0 Å². The van der Waals surface area contributed by atoms with Crippen molar-refractivity contribution < 1.29 is 13.2 Å². The Kier molecular flexibility index (Phi) is 4.69. The van der Waals surface area contributed by atoms with E-state index in [1.807, 2.05) is 0 Å². The SMILES string of the molecule is O=C(CNS(=O)(=O)c1cccs1)Nc1ccc(-n2cccn2)nc1. The van der Waals surface area contributed by atoms with Gasteiger partial charge in [0.25, 0.3) is 10.0 Å². The van der Waals surface area contributed by atoms with Crippen LogP contribution >= 0.6 is 11.3 Å². The molecule has 0 unspecified atom stereocenters. The fourth-order valence-electron chi connectivity index (χ4n) is 1.85. The third-order valence-corrected chi connectivity index (χ3v) is 5.75. The largest absolute Gasteiger partial charge is 0.324 e. The summed E-state index contributed by atoms with van der Waals surface area (Å²) in [5.74, 6) is 0.125. The van der Waals surface area contributed by atoms with Crippen LogP contribution in [0.5, 0.6) is 0 Å². The molecule has 1 amide bonds. The lowest BCUT2D eigenvalue weighted by Gasteiger charge is -2.07. The number of sulfonamides is 1. The van der Waals surface area contributed by atoms with Gasteiger partial charge in [0.2, 0.25) is 5.91 Å². The number of rotatable bonds is 6. The van der Waals surface area contributed by atoms with Crippen molar-refractivity contribution in [2.75, 3.05) is 11.9 Å². The number of carbonyl (C=O) groups excluding carboxylic acids is 1. The summed E-state index contributed by atoms with van der Waals surface area (Å²) in [7, 11) is -3.66. The topological polar surface area (TPSA) is 106 Å². The number of thiophene rings is 1. The fraction of sp³-hybridized carbons (Fsp3) is 0.0714. The summed E-state index contributed by atoms with van der Waals surface area (Å²) >= 11 is 1.09. The highest BCUT2D eigenvalue weighted by Gasteiger charge is 2.16. The maximum atomic E-state index is 11.9. The van der Waals surface area contributed by atoms with Crippen molar-refractivity contribution in [3.05, 3.63) is 54.3 Å². The van der Waals surface area contributed by atoms with Gasteiger partial charge in [-0.1, -0.05) is 6.07 Å². The molecule has 10 heteroatoms. The second-order valence-electron chi connectivity index (χ2n) is 4.66. The van der Waals surface area contributed by atoms with Crippen LogP contribution in [0.2, 0.25) is 0 Å². The van der Waals surface area contributed by atoms with Crippen LogP contribution in [0.25, 0.3) is 5.82 Å². The Bertz CT molecular complexity index is 904.